The molecule has 1 atom stereocenters. The molecular formula is C34H35BrClN3O4S. The minimum absolute atomic E-state index is 0.00640. The van der Waals surface area contributed by atoms with E-state index >= 15 is 0 Å². The molecule has 0 saturated heterocycles. The summed E-state index contributed by atoms with van der Waals surface area (Å²) in [4.78, 5) is 29.6. The Morgan fingerprint density at radius 3 is 2.25 bits per heavy atom. The largest absolute Gasteiger partial charge is 0.354 e. The number of carbonyl (C=O) groups excluding carboxylic acids is 2. The molecular weight excluding hydrogens is 662 g/mol. The van der Waals surface area contributed by atoms with Crippen LogP contribution < -0.4 is 9.62 Å². The normalized spacial score (nSPS) is 11.9. The number of hydrogen-bond donors (Lipinski definition) is 1. The van der Waals surface area contributed by atoms with Crippen LogP contribution in [-0.2, 0) is 32.6 Å². The molecule has 230 valence electrons. The average Bonchev–Trinajstić information content (AvgIpc) is 3.01. The van der Waals surface area contributed by atoms with Gasteiger partial charge in [0.25, 0.3) is 10.0 Å². The second-order valence-electron chi connectivity index (χ2n) is 10.4. The fourth-order valence-electron chi connectivity index (χ4n) is 4.73. The summed E-state index contributed by atoms with van der Waals surface area (Å²) in [6.07, 6.45) is 0.946. The van der Waals surface area contributed by atoms with Crippen molar-refractivity contribution in [2.45, 2.75) is 44.2 Å². The Labute approximate surface area is 273 Å². The molecule has 0 saturated carbocycles. The highest BCUT2D eigenvalue weighted by Crippen LogP contribution is 2.28. The monoisotopic (exact) mass is 695 g/mol. The first-order valence-electron chi connectivity index (χ1n) is 14.3. The van der Waals surface area contributed by atoms with Gasteiger partial charge in [-0.05, 0) is 60.9 Å². The van der Waals surface area contributed by atoms with Gasteiger partial charge < -0.3 is 10.2 Å². The molecule has 10 heteroatoms. The number of hydrogen-bond acceptors (Lipinski definition) is 4. The Morgan fingerprint density at radius 1 is 0.909 bits per heavy atom. The van der Waals surface area contributed by atoms with Crippen molar-refractivity contribution in [3.05, 3.63) is 129 Å². The fraction of sp³-hybridized carbons (Fsp3) is 0.235. The van der Waals surface area contributed by atoms with Crippen molar-refractivity contribution in [2.75, 3.05) is 17.4 Å². The van der Waals surface area contributed by atoms with Gasteiger partial charge in [0.1, 0.15) is 12.6 Å². The molecule has 4 aromatic carbocycles. The van der Waals surface area contributed by atoms with Crippen LogP contribution in [0.25, 0.3) is 0 Å². The van der Waals surface area contributed by atoms with Gasteiger partial charge in [-0.3, -0.25) is 13.9 Å². The van der Waals surface area contributed by atoms with Crippen LogP contribution in [0.2, 0.25) is 5.02 Å². The molecule has 0 aromatic heterocycles. The molecule has 4 aromatic rings. The van der Waals surface area contributed by atoms with Gasteiger partial charge >= 0.3 is 0 Å². The molecule has 0 aliphatic rings. The van der Waals surface area contributed by atoms with E-state index in [1.54, 1.807) is 54.6 Å². The van der Waals surface area contributed by atoms with Gasteiger partial charge in [-0.2, -0.15) is 0 Å². The van der Waals surface area contributed by atoms with Crippen LogP contribution in [0.5, 0.6) is 0 Å². The Bertz CT molecular complexity index is 1680. The third-order valence-corrected chi connectivity index (χ3v) is 9.75. The molecule has 0 heterocycles. The summed E-state index contributed by atoms with van der Waals surface area (Å²) in [5, 5.41) is 3.38. The summed E-state index contributed by atoms with van der Waals surface area (Å²) in [6.45, 7) is 3.72. The number of benzene rings is 4. The summed E-state index contributed by atoms with van der Waals surface area (Å²) >= 11 is 9.96. The molecule has 0 unspecified atom stereocenters. The van der Waals surface area contributed by atoms with Gasteiger partial charge in [0.15, 0.2) is 0 Å². The number of anilines is 1. The van der Waals surface area contributed by atoms with Gasteiger partial charge in [-0.15, -0.1) is 0 Å². The van der Waals surface area contributed by atoms with Crippen molar-refractivity contribution >= 4 is 55.1 Å². The Balaban J connectivity index is 1.80. The van der Waals surface area contributed by atoms with Crippen LogP contribution in [0, 0.1) is 6.92 Å². The summed E-state index contributed by atoms with van der Waals surface area (Å²) in [5.41, 5.74) is 2.71. The first kappa shape index (κ1) is 33.2. The molecule has 7 nitrogen and oxygen atoms in total. The zero-order valence-electron chi connectivity index (χ0n) is 24.6. The molecule has 4 rings (SSSR count). The molecule has 0 spiro atoms. The van der Waals surface area contributed by atoms with Crippen molar-refractivity contribution in [2.24, 2.45) is 0 Å². The molecule has 2 amide bonds. The third kappa shape index (κ3) is 8.49. The lowest BCUT2D eigenvalue weighted by molar-refractivity contribution is -0.140. The third-order valence-electron chi connectivity index (χ3n) is 7.10. The average molecular weight is 697 g/mol. The summed E-state index contributed by atoms with van der Waals surface area (Å²) in [6, 6.07) is 28.9. The van der Waals surface area contributed by atoms with Crippen LogP contribution in [0.1, 0.15) is 30.0 Å². The Morgan fingerprint density at radius 2 is 1.59 bits per heavy atom. The summed E-state index contributed by atoms with van der Waals surface area (Å²) in [7, 11) is -4.18. The van der Waals surface area contributed by atoms with Gasteiger partial charge in [-0.25, -0.2) is 8.42 Å². The summed E-state index contributed by atoms with van der Waals surface area (Å²) < 4.78 is 29.9. The maximum absolute atomic E-state index is 14.5. The minimum Gasteiger partial charge on any atom is -0.354 e. The lowest BCUT2D eigenvalue weighted by Gasteiger charge is -2.34. The number of nitrogens with zero attached hydrogens (tertiary/aromatic N) is 2. The highest BCUT2D eigenvalue weighted by Gasteiger charge is 2.34. The number of aryl methyl sites for hydroxylation is 1. The number of sulfonamides is 1. The lowest BCUT2D eigenvalue weighted by Crippen LogP contribution is -2.53. The number of carbonyl (C=O) groups is 2. The van der Waals surface area contributed by atoms with E-state index in [1.165, 1.54) is 17.0 Å². The topological polar surface area (TPSA) is 86.8 Å². The predicted molar refractivity (Wildman–Crippen MR) is 179 cm³/mol. The van der Waals surface area contributed by atoms with Crippen LogP contribution in [0.3, 0.4) is 0 Å². The molecule has 0 fully saturated rings. The second-order valence-corrected chi connectivity index (χ2v) is 13.6. The van der Waals surface area contributed by atoms with Gasteiger partial charge in [0.2, 0.25) is 11.8 Å². The highest BCUT2D eigenvalue weighted by molar-refractivity contribution is 9.10. The van der Waals surface area contributed by atoms with E-state index in [-0.39, 0.29) is 23.8 Å². The van der Waals surface area contributed by atoms with E-state index < -0.39 is 28.5 Å². The smallest absolute Gasteiger partial charge is 0.264 e. The zero-order valence-corrected chi connectivity index (χ0v) is 27.8. The van der Waals surface area contributed by atoms with E-state index in [0.29, 0.717) is 33.7 Å². The van der Waals surface area contributed by atoms with E-state index in [0.717, 1.165) is 15.4 Å². The van der Waals surface area contributed by atoms with E-state index in [9.17, 15) is 18.0 Å². The van der Waals surface area contributed by atoms with Crippen molar-refractivity contribution in [1.82, 2.24) is 10.2 Å². The van der Waals surface area contributed by atoms with Crippen LogP contribution >= 0.6 is 27.5 Å². The zero-order chi connectivity index (χ0) is 31.7. The number of nitrogens with one attached hydrogen (secondary N) is 1. The Hall–Kier alpha value is -3.66. The number of rotatable bonds is 13. The van der Waals surface area contributed by atoms with E-state index in [1.807, 2.05) is 50.2 Å². The number of halogens is 2. The standard InChI is InChI=1S/C34H35BrClN3O4S/c1-3-20-37-34(41)32(21-26-10-5-4-6-11-26)38(23-27-12-7-8-15-31(27)36)33(40)24-39(29-14-9-13-28(35)22-29)44(42,43)30-18-16-25(2)17-19-30/h4-19,22,32H,3,20-21,23-24H2,1-2H3,(H,37,41)/t32-/m0/s1. The van der Waals surface area contributed by atoms with E-state index in [4.69, 9.17) is 11.6 Å². The predicted octanol–water partition coefficient (Wildman–Crippen LogP) is 6.77. The first-order chi connectivity index (χ1) is 21.1. The van der Waals surface area contributed by atoms with Crippen molar-refractivity contribution in [1.29, 1.82) is 0 Å². The molecule has 0 bridgehead atoms. The lowest BCUT2D eigenvalue weighted by atomic mass is 10.0. The van der Waals surface area contributed by atoms with Crippen molar-refractivity contribution < 1.29 is 18.0 Å². The number of amides is 2. The van der Waals surface area contributed by atoms with E-state index in [2.05, 4.69) is 21.2 Å². The molecule has 1 N–H and O–H groups in total. The molecule has 0 aliphatic carbocycles. The summed E-state index contributed by atoms with van der Waals surface area (Å²) in [5.74, 6) is -0.875. The van der Waals surface area contributed by atoms with Crippen LogP contribution in [0.4, 0.5) is 5.69 Å². The van der Waals surface area contributed by atoms with Crippen LogP contribution in [0.15, 0.2) is 112 Å². The van der Waals surface area contributed by atoms with Crippen LogP contribution in [-0.4, -0.2) is 44.3 Å². The highest BCUT2D eigenvalue weighted by atomic mass is 79.9. The molecule has 44 heavy (non-hydrogen) atoms. The van der Waals surface area contributed by atoms with Gasteiger partial charge in [-0.1, -0.05) is 107 Å². The van der Waals surface area contributed by atoms with Crippen molar-refractivity contribution in [3.63, 3.8) is 0 Å². The first-order valence-corrected chi connectivity index (χ1v) is 16.9. The van der Waals surface area contributed by atoms with Gasteiger partial charge in [0.05, 0.1) is 10.6 Å². The maximum Gasteiger partial charge on any atom is 0.264 e. The fourth-order valence-corrected chi connectivity index (χ4v) is 6.72. The molecule has 0 aliphatic heterocycles. The Kier molecular flexibility index (Phi) is 11.6. The minimum atomic E-state index is -4.18. The van der Waals surface area contributed by atoms with Gasteiger partial charge in [0, 0.05) is 29.0 Å². The second kappa shape index (κ2) is 15.4. The molecule has 0 radical (unpaired) electrons. The maximum atomic E-state index is 14.5. The van der Waals surface area contributed by atoms with Crippen molar-refractivity contribution in [3.8, 4) is 0 Å². The SMILES string of the molecule is CCCNC(=O)[C@H](Cc1ccccc1)N(Cc1ccccc1Cl)C(=O)CN(c1cccc(Br)c1)S(=O)(=O)c1ccc(C)cc1. The quantitative estimate of drug-likeness (QED) is 0.167.